The lowest BCUT2D eigenvalue weighted by Crippen LogP contribution is -2.52. The molecule has 4 rings (SSSR count). The average molecular weight is 344 g/mol. The van der Waals surface area contributed by atoms with E-state index in [1.165, 1.54) is 12.1 Å². The minimum absolute atomic E-state index is 0.00282. The van der Waals surface area contributed by atoms with E-state index in [2.05, 4.69) is 4.90 Å². The van der Waals surface area contributed by atoms with E-state index in [0.29, 0.717) is 26.2 Å². The molecule has 2 fully saturated rings. The van der Waals surface area contributed by atoms with Crippen molar-refractivity contribution >= 4 is 17.6 Å². The molecule has 0 spiro atoms. The number of hydrogen-bond acceptors (Lipinski definition) is 3. The van der Waals surface area contributed by atoms with Gasteiger partial charge in [-0.15, -0.1) is 0 Å². The normalized spacial score (nSPS) is 30.8. The fourth-order valence-corrected chi connectivity index (χ4v) is 4.54. The molecule has 6 heteroatoms. The second kappa shape index (κ2) is 6.17. The standard InChI is InChI=1S/C19H21FN2O3/c20-14-3-5-15(6-4-14)21-7-9-22(10-8-21)18(23)16-12-1-2-13(11-12)17(16)19(24)25/h1-6,12-13,16-17H,7-11H2,(H,24,25)/t12-,13+,16+,17-/m0/s1. The molecular weight excluding hydrogens is 323 g/mol. The van der Waals surface area contributed by atoms with E-state index in [4.69, 9.17) is 0 Å². The molecule has 5 nitrogen and oxygen atoms in total. The van der Waals surface area contributed by atoms with Crippen LogP contribution in [0.1, 0.15) is 6.42 Å². The van der Waals surface area contributed by atoms with Gasteiger partial charge in [-0.05, 0) is 42.5 Å². The molecule has 0 aromatic heterocycles. The lowest BCUT2D eigenvalue weighted by molar-refractivity contribution is -0.151. The quantitative estimate of drug-likeness (QED) is 0.852. The van der Waals surface area contributed by atoms with Crippen LogP contribution in [0.4, 0.5) is 10.1 Å². The molecule has 3 aliphatic rings. The van der Waals surface area contributed by atoms with E-state index < -0.39 is 17.8 Å². The summed E-state index contributed by atoms with van der Waals surface area (Å²) in [6.07, 6.45) is 4.75. The molecule has 1 saturated carbocycles. The molecule has 0 radical (unpaired) electrons. The largest absolute Gasteiger partial charge is 0.481 e. The van der Waals surface area contributed by atoms with E-state index in [9.17, 15) is 19.1 Å². The molecule has 1 N–H and O–H groups in total. The number of anilines is 1. The van der Waals surface area contributed by atoms with Crippen molar-refractivity contribution in [2.24, 2.45) is 23.7 Å². The molecule has 25 heavy (non-hydrogen) atoms. The molecule has 0 unspecified atom stereocenters. The number of amides is 1. The van der Waals surface area contributed by atoms with Crippen LogP contribution in [-0.2, 0) is 9.59 Å². The summed E-state index contributed by atoms with van der Waals surface area (Å²) in [6.45, 7) is 2.48. The number of carbonyl (C=O) groups excluding carboxylic acids is 1. The maximum Gasteiger partial charge on any atom is 0.307 e. The van der Waals surface area contributed by atoms with Crippen molar-refractivity contribution in [3.05, 3.63) is 42.2 Å². The highest BCUT2D eigenvalue weighted by Crippen LogP contribution is 2.48. The number of nitrogens with zero attached hydrogens (tertiary/aromatic N) is 2. The summed E-state index contributed by atoms with van der Waals surface area (Å²) in [5, 5.41) is 9.52. The highest BCUT2D eigenvalue weighted by Gasteiger charge is 2.52. The number of rotatable bonds is 3. The first-order chi connectivity index (χ1) is 12.0. The second-order valence-corrected chi connectivity index (χ2v) is 7.13. The van der Waals surface area contributed by atoms with Crippen LogP contribution < -0.4 is 4.90 Å². The third-order valence-electron chi connectivity index (χ3n) is 5.81. The van der Waals surface area contributed by atoms with Gasteiger partial charge in [0.05, 0.1) is 11.8 Å². The monoisotopic (exact) mass is 344 g/mol. The van der Waals surface area contributed by atoms with Crippen LogP contribution in [0.15, 0.2) is 36.4 Å². The molecule has 1 aliphatic heterocycles. The SMILES string of the molecule is O=C(O)[C@@H]1[C@H](C(=O)N2CCN(c3ccc(F)cc3)CC2)[C@H]2C=C[C@@H]1C2. The zero-order valence-corrected chi connectivity index (χ0v) is 13.8. The summed E-state index contributed by atoms with van der Waals surface area (Å²) >= 11 is 0. The van der Waals surface area contributed by atoms with Crippen LogP contribution >= 0.6 is 0 Å². The summed E-state index contributed by atoms with van der Waals surface area (Å²) in [5.74, 6) is -2.10. The van der Waals surface area contributed by atoms with Gasteiger partial charge in [-0.25, -0.2) is 4.39 Å². The number of piperazine rings is 1. The minimum Gasteiger partial charge on any atom is -0.481 e. The Morgan fingerprint density at radius 2 is 1.56 bits per heavy atom. The van der Waals surface area contributed by atoms with Gasteiger partial charge in [-0.3, -0.25) is 9.59 Å². The van der Waals surface area contributed by atoms with Gasteiger partial charge in [0, 0.05) is 31.9 Å². The Bertz CT molecular complexity index is 710. The molecule has 1 amide bonds. The van der Waals surface area contributed by atoms with Crippen molar-refractivity contribution in [2.45, 2.75) is 6.42 Å². The van der Waals surface area contributed by atoms with E-state index in [1.807, 2.05) is 12.2 Å². The Kier molecular flexibility index (Phi) is 3.98. The smallest absolute Gasteiger partial charge is 0.307 e. The fraction of sp³-hybridized carbons (Fsp3) is 0.474. The highest BCUT2D eigenvalue weighted by atomic mass is 19.1. The minimum atomic E-state index is -0.861. The van der Waals surface area contributed by atoms with Crippen LogP contribution in [-0.4, -0.2) is 48.1 Å². The number of hydrogen-bond donors (Lipinski definition) is 1. The third kappa shape index (κ3) is 2.79. The van der Waals surface area contributed by atoms with E-state index >= 15 is 0 Å². The molecule has 1 heterocycles. The van der Waals surface area contributed by atoms with Gasteiger partial charge >= 0.3 is 5.97 Å². The van der Waals surface area contributed by atoms with E-state index in [1.54, 1.807) is 17.0 Å². The third-order valence-corrected chi connectivity index (χ3v) is 5.81. The van der Waals surface area contributed by atoms with Gasteiger partial charge < -0.3 is 14.9 Å². The van der Waals surface area contributed by atoms with Gasteiger partial charge in [0.1, 0.15) is 5.82 Å². The molecule has 1 aromatic rings. The Morgan fingerprint density at radius 1 is 0.960 bits per heavy atom. The topological polar surface area (TPSA) is 60.9 Å². The predicted molar refractivity (Wildman–Crippen MR) is 90.5 cm³/mol. The molecule has 1 saturated heterocycles. The lowest BCUT2D eigenvalue weighted by Gasteiger charge is -2.38. The lowest BCUT2D eigenvalue weighted by atomic mass is 9.82. The number of carboxylic acids is 1. The van der Waals surface area contributed by atoms with Gasteiger partial charge in [0.2, 0.25) is 5.91 Å². The Balaban J connectivity index is 1.42. The molecular formula is C19H21FN2O3. The number of fused-ring (bicyclic) bond motifs is 2. The summed E-state index contributed by atoms with van der Waals surface area (Å²) in [6, 6.07) is 6.36. The van der Waals surface area contributed by atoms with Crippen molar-refractivity contribution in [2.75, 3.05) is 31.1 Å². The summed E-state index contributed by atoms with van der Waals surface area (Å²) in [4.78, 5) is 28.5. The Morgan fingerprint density at radius 3 is 2.16 bits per heavy atom. The molecule has 2 bridgehead atoms. The Hall–Kier alpha value is -2.37. The molecule has 132 valence electrons. The van der Waals surface area contributed by atoms with Gasteiger partial charge in [0.25, 0.3) is 0 Å². The van der Waals surface area contributed by atoms with E-state index in [0.717, 1.165) is 12.1 Å². The van der Waals surface area contributed by atoms with Gasteiger partial charge in [0.15, 0.2) is 0 Å². The molecule has 1 aromatic carbocycles. The molecule has 2 aliphatic carbocycles. The molecule has 4 atom stereocenters. The first-order valence-corrected chi connectivity index (χ1v) is 8.75. The zero-order chi connectivity index (χ0) is 17.6. The first kappa shape index (κ1) is 16.1. The maximum absolute atomic E-state index is 13.0. The van der Waals surface area contributed by atoms with Gasteiger partial charge in [-0.2, -0.15) is 0 Å². The number of aliphatic carboxylic acids is 1. The second-order valence-electron chi connectivity index (χ2n) is 7.13. The van der Waals surface area contributed by atoms with Crippen LogP contribution in [0.5, 0.6) is 0 Å². The van der Waals surface area contributed by atoms with Crippen molar-refractivity contribution in [3.8, 4) is 0 Å². The number of carboxylic acid groups (broad SMARTS) is 1. The van der Waals surface area contributed by atoms with Crippen molar-refractivity contribution in [1.29, 1.82) is 0 Å². The van der Waals surface area contributed by atoms with E-state index in [-0.39, 0.29) is 23.6 Å². The van der Waals surface area contributed by atoms with Crippen molar-refractivity contribution in [1.82, 2.24) is 4.90 Å². The van der Waals surface area contributed by atoms with Crippen LogP contribution in [0.2, 0.25) is 0 Å². The summed E-state index contributed by atoms with van der Waals surface area (Å²) in [7, 11) is 0. The van der Waals surface area contributed by atoms with Crippen LogP contribution in [0.3, 0.4) is 0 Å². The zero-order valence-electron chi connectivity index (χ0n) is 13.8. The maximum atomic E-state index is 13.0. The van der Waals surface area contributed by atoms with Crippen molar-refractivity contribution in [3.63, 3.8) is 0 Å². The number of benzene rings is 1. The van der Waals surface area contributed by atoms with Crippen LogP contribution in [0, 0.1) is 29.5 Å². The van der Waals surface area contributed by atoms with Crippen LogP contribution in [0.25, 0.3) is 0 Å². The highest BCUT2D eigenvalue weighted by molar-refractivity contribution is 5.87. The number of halogens is 1. The number of allylic oxidation sites excluding steroid dienone is 2. The fourth-order valence-electron chi connectivity index (χ4n) is 4.54. The number of carbonyl (C=O) groups is 2. The van der Waals surface area contributed by atoms with Crippen molar-refractivity contribution < 1.29 is 19.1 Å². The Labute approximate surface area is 145 Å². The average Bonchev–Trinajstić information content (AvgIpc) is 3.23. The summed E-state index contributed by atoms with van der Waals surface area (Å²) < 4.78 is 13.0. The summed E-state index contributed by atoms with van der Waals surface area (Å²) in [5.41, 5.74) is 0.944. The predicted octanol–water partition coefficient (Wildman–Crippen LogP) is 2.00. The first-order valence-electron chi connectivity index (χ1n) is 8.75. The van der Waals surface area contributed by atoms with Gasteiger partial charge in [-0.1, -0.05) is 12.2 Å².